The number of hydrogen-bond acceptors (Lipinski definition) is 13. The number of benzene rings is 1. The van der Waals surface area contributed by atoms with E-state index in [1.807, 2.05) is 64.4 Å². The number of amides is 4. The maximum Gasteiger partial charge on any atom is 0.276 e. The summed E-state index contributed by atoms with van der Waals surface area (Å²) in [6, 6.07) is 9.39. The number of aliphatic hydroxyl groups excluding tert-OH is 1. The summed E-state index contributed by atoms with van der Waals surface area (Å²) in [6.45, 7) is 10.3. The fourth-order valence-corrected chi connectivity index (χ4v) is 10.1. The van der Waals surface area contributed by atoms with Crippen LogP contribution in [0.3, 0.4) is 0 Å². The molecule has 0 bridgehead atoms. The van der Waals surface area contributed by atoms with Gasteiger partial charge in [-0.05, 0) is 86.0 Å². The van der Waals surface area contributed by atoms with Gasteiger partial charge in [-0.3, -0.25) is 28.5 Å². The lowest BCUT2D eigenvalue weighted by atomic mass is 9.79. The molecule has 3 fully saturated rings. The zero-order valence-electron chi connectivity index (χ0n) is 37.1. The van der Waals surface area contributed by atoms with E-state index < -0.39 is 35.2 Å². The Balaban J connectivity index is 0.795. The van der Waals surface area contributed by atoms with Crippen LogP contribution in [0.5, 0.6) is 0 Å². The molecule has 3 aromatic heterocycles. The zero-order valence-corrected chi connectivity index (χ0v) is 37.9. The van der Waals surface area contributed by atoms with Crippen molar-refractivity contribution in [1.82, 2.24) is 40.4 Å². The number of hydrogen-bond donors (Lipinski definition) is 6. The summed E-state index contributed by atoms with van der Waals surface area (Å²) < 4.78 is 7.42. The first-order chi connectivity index (χ1) is 30.5. The lowest BCUT2D eigenvalue weighted by molar-refractivity contribution is -0.144. The van der Waals surface area contributed by atoms with Gasteiger partial charge in [0.1, 0.15) is 47.1 Å². The van der Waals surface area contributed by atoms with E-state index in [0.29, 0.717) is 40.5 Å². The Hall–Kier alpha value is -5.72. The Kier molecular flexibility index (Phi) is 12.6. The van der Waals surface area contributed by atoms with Gasteiger partial charge in [0.25, 0.3) is 11.5 Å². The third kappa shape index (κ3) is 9.54. The smallest absolute Gasteiger partial charge is 0.276 e. The average Bonchev–Trinajstić information content (AvgIpc) is 3.52. The second kappa shape index (κ2) is 18.0. The molecule has 4 amide bonds. The van der Waals surface area contributed by atoms with E-state index in [2.05, 4.69) is 41.5 Å². The predicted octanol–water partition coefficient (Wildman–Crippen LogP) is 4.50. The van der Waals surface area contributed by atoms with Gasteiger partial charge in [0.2, 0.25) is 17.7 Å². The lowest BCUT2D eigenvalue weighted by Crippen LogP contribution is -2.57. The van der Waals surface area contributed by atoms with Crippen LogP contribution in [0.15, 0.2) is 53.0 Å². The molecule has 3 atom stereocenters. The molecule has 17 nitrogen and oxygen atoms in total. The number of carbonyl (C=O) groups is 4. The van der Waals surface area contributed by atoms with E-state index in [-0.39, 0.29) is 62.4 Å². The Labute approximate surface area is 376 Å². The number of ether oxygens (including phenoxy) is 1. The van der Waals surface area contributed by atoms with Crippen LogP contribution in [-0.2, 0) is 31.3 Å². The van der Waals surface area contributed by atoms with Gasteiger partial charge in [0, 0.05) is 38.5 Å². The topological polar surface area (TPSA) is 222 Å². The van der Waals surface area contributed by atoms with E-state index in [4.69, 9.17) is 4.74 Å². The van der Waals surface area contributed by atoms with Crippen LogP contribution in [-0.4, -0.2) is 97.6 Å². The molecule has 1 aromatic carbocycles. The van der Waals surface area contributed by atoms with Crippen molar-refractivity contribution in [2.75, 3.05) is 36.9 Å². The molecule has 2 saturated carbocycles. The number of fused-ring (bicyclic) bond motifs is 2. The second-order valence-electron chi connectivity index (χ2n) is 18.9. The third-order valence-corrected chi connectivity index (χ3v) is 14.1. The highest BCUT2D eigenvalue weighted by Gasteiger charge is 2.54. The molecular formula is C46H58N10O7S. The van der Waals surface area contributed by atoms with Crippen LogP contribution in [0.25, 0.3) is 10.4 Å². The van der Waals surface area contributed by atoms with Gasteiger partial charge >= 0.3 is 0 Å². The lowest BCUT2D eigenvalue weighted by Gasteiger charge is -2.39. The van der Waals surface area contributed by atoms with E-state index in [9.17, 15) is 29.1 Å². The normalized spacial score (nSPS) is 19.8. The number of anilines is 3. The van der Waals surface area contributed by atoms with Gasteiger partial charge in [0.15, 0.2) is 0 Å². The highest BCUT2D eigenvalue weighted by molar-refractivity contribution is 7.13. The maximum absolute atomic E-state index is 14.0. The van der Waals surface area contributed by atoms with Crippen molar-refractivity contribution in [1.29, 1.82) is 0 Å². The second-order valence-corrected chi connectivity index (χ2v) is 19.7. The number of aryl methyl sites for hydroxylation is 2. The number of thiazole rings is 1. The number of rotatable bonds is 15. The SMILES string of the molecule is Cc1cc(Nc2cc(NCCOCCC(=O)N[C@H](C(=O)N3C[C@H](O)CC3C(=O)NCc3ccc(-c4scnc4C)cc3)C(C)(C)C)ncn2)c(=O)n2c1C(=O)NC21CCC2(CC2)CC1. The maximum atomic E-state index is 14.0. The van der Waals surface area contributed by atoms with Crippen LogP contribution in [0.1, 0.15) is 99.4 Å². The highest BCUT2D eigenvalue weighted by atomic mass is 32.1. The molecule has 8 rings (SSSR count). The first kappa shape index (κ1) is 44.9. The summed E-state index contributed by atoms with van der Waals surface area (Å²) in [5, 5.41) is 25.9. The van der Waals surface area contributed by atoms with Crippen molar-refractivity contribution < 1.29 is 29.0 Å². The molecule has 2 spiro atoms. The monoisotopic (exact) mass is 894 g/mol. The Bertz CT molecular complexity index is 2470. The summed E-state index contributed by atoms with van der Waals surface area (Å²) in [7, 11) is 0. The fraction of sp³-hybridized carbons (Fsp3) is 0.522. The Morgan fingerprint density at radius 2 is 1.70 bits per heavy atom. The van der Waals surface area contributed by atoms with E-state index in [0.717, 1.165) is 47.4 Å². The van der Waals surface area contributed by atoms with Crippen LogP contribution >= 0.6 is 11.3 Å². The van der Waals surface area contributed by atoms with Crippen molar-refractivity contribution in [3.63, 3.8) is 0 Å². The van der Waals surface area contributed by atoms with Crippen LogP contribution in [0.2, 0.25) is 0 Å². The zero-order chi connectivity index (χ0) is 45.4. The molecule has 2 aliphatic heterocycles. The van der Waals surface area contributed by atoms with E-state index in [1.165, 1.54) is 24.1 Å². The first-order valence-electron chi connectivity index (χ1n) is 22.1. The van der Waals surface area contributed by atoms with Crippen molar-refractivity contribution >= 4 is 52.3 Å². The average molecular weight is 895 g/mol. The van der Waals surface area contributed by atoms with Crippen molar-refractivity contribution in [3.05, 3.63) is 81.1 Å². The van der Waals surface area contributed by atoms with Gasteiger partial charge in [-0.1, -0.05) is 45.0 Å². The molecular weight excluding hydrogens is 837 g/mol. The summed E-state index contributed by atoms with van der Waals surface area (Å²) in [5.41, 5.74) is 4.88. The standard InChI is InChI=1S/C46H58N10O7S/c1-27-20-32(42(61)56-37(27)41(60)54-46(56)15-13-45(11-12-45)14-16-46)52-35-22-34(49-25-50-35)47-17-19-63-18-10-36(58)53-39(44(3,4)5)43(62)55-24-31(57)21-33(55)40(59)48-23-29-6-8-30(9-7-29)38-28(2)51-26-64-38/h6-9,20,22,25-26,31,33,39,57H,10-19,21,23-24H2,1-5H3,(H,48,59)(H,53,58)(H,54,60)(H2,47,49,50,52)/t31-,33?,39-/m1/s1. The predicted molar refractivity (Wildman–Crippen MR) is 242 cm³/mol. The van der Waals surface area contributed by atoms with Crippen molar-refractivity contribution in [3.8, 4) is 10.4 Å². The Morgan fingerprint density at radius 1 is 0.984 bits per heavy atom. The number of nitrogens with one attached hydrogen (secondary N) is 5. The van der Waals surface area contributed by atoms with Gasteiger partial charge in [-0.25, -0.2) is 15.0 Å². The van der Waals surface area contributed by atoms with Crippen molar-refractivity contribution in [2.24, 2.45) is 10.8 Å². The number of nitrogens with zero attached hydrogens (tertiary/aromatic N) is 5. The van der Waals surface area contributed by atoms with Gasteiger partial charge in [-0.15, -0.1) is 11.3 Å². The number of likely N-dealkylation sites (tertiary alicyclic amines) is 1. The summed E-state index contributed by atoms with van der Waals surface area (Å²) >= 11 is 1.57. The minimum Gasteiger partial charge on any atom is -0.391 e. The number of β-amino-alcohol motifs (C(OH)–C–C–N with tert-alkyl or cyclic N) is 1. The van der Waals surface area contributed by atoms with Gasteiger partial charge < -0.3 is 41.3 Å². The van der Waals surface area contributed by atoms with Crippen LogP contribution in [0, 0.1) is 24.7 Å². The molecule has 4 aromatic rings. The highest BCUT2D eigenvalue weighted by Crippen LogP contribution is 2.59. The Morgan fingerprint density at radius 3 is 2.39 bits per heavy atom. The summed E-state index contributed by atoms with van der Waals surface area (Å²) in [5.74, 6) is -0.502. The molecule has 18 heteroatoms. The van der Waals surface area contributed by atoms with Crippen LogP contribution < -0.4 is 32.1 Å². The van der Waals surface area contributed by atoms with Gasteiger partial charge in [0.05, 0.1) is 35.4 Å². The molecule has 340 valence electrons. The number of aliphatic hydroxyl groups is 1. The molecule has 1 saturated heterocycles. The summed E-state index contributed by atoms with van der Waals surface area (Å²) in [4.78, 5) is 83.1. The molecule has 4 aliphatic rings. The molecule has 5 heterocycles. The largest absolute Gasteiger partial charge is 0.391 e. The van der Waals surface area contributed by atoms with E-state index >= 15 is 0 Å². The van der Waals surface area contributed by atoms with Crippen LogP contribution in [0.4, 0.5) is 17.3 Å². The number of pyridine rings is 1. The van der Waals surface area contributed by atoms with Gasteiger partial charge in [-0.2, -0.15) is 0 Å². The molecule has 64 heavy (non-hydrogen) atoms. The molecule has 1 unspecified atom stereocenters. The van der Waals surface area contributed by atoms with Crippen molar-refractivity contribution in [2.45, 2.75) is 116 Å². The summed E-state index contributed by atoms with van der Waals surface area (Å²) in [6.07, 6.45) is 6.50. The number of carbonyl (C=O) groups excluding carboxylic acids is 4. The minimum atomic E-state index is -0.954. The number of aromatic nitrogens is 4. The molecule has 2 aliphatic carbocycles. The molecule has 6 N–H and O–H groups in total. The van der Waals surface area contributed by atoms with E-state index in [1.54, 1.807) is 28.0 Å². The molecule has 0 radical (unpaired) electrons. The first-order valence-corrected chi connectivity index (χ1v) is 23.0. The minimum absolute atomic E-state index is 0.00562. The fourth-order valence-electron chi connectivity index (χ4n) is 9.26. The quantitative estimate of drug-likeness (QED) is 0.0909. The third-order valence-electron chi connectivity index (χ3n) is 13.1.